The molecule has 27 heavy (non-hydrogen) atoms. The van der Waals surface area contributed by atoms with E-state index in [9.17, 15) is 13.2 Å². The number of rotatable bonds is 7. The first-order chi connectivity index (χ1) is 12.7. The summed E-state index contributed by atoms with van der Waals surface area (Å²) in [6.07, 6.45) is -4.88. The van der Waals surface area contributed by atoms with Crippen LogP contribution < -0.4 is 21.4 Å². The Labute approximate surface area is 154 Å². The highest BCUT2D eigenvalue weighted by Crippen LogP contribution is 2.20. The number of anilines is 2. The molecule has 0 aliphatic carbocycles. The van der Waals surface area contributed by atoms with Crippen molar-refractivity contribution in [2.45, 2.75) is 19.1 Å². The molecule has 146 valence electrons. The number of nitrogens with one attached hydrogen (secondary N) is 5. The van der Waals surface area contributed by atoms with E-state index in [0.717, 1.165) is 30.4 Å². The van der Waals surface area contributed by atoms with Crippen LogP contribution in [0, 0.1) is 10.8 Å². The van der Waals surface area contributed by atoms with E-state index < -0.39 is 17.5 Å². The van der Waals surface area contributed by atoms with Crippen LogP contribution in [0.5, 0.6) is 0 Å². The largest absolute Gasteiger partial charge is 0.451 e. The van der Waals surface area contributed by atoms with Crippen LogP contribution in [0.4, 0.5) is 24.7 Å². The predicted octanol–water partition coefficient (Wildman–Crippen LogP) is 2.55. The van der Waals surface area contributed by atoms with Gasteiger partial charge in [0, 0.05) is 24.8 Å². The molecule has 1 atom stereocenters. The summed E-state index contributed by atoms with van der Waals surface area (Å²) in [5.41, 5.74) is 1.37. The van der Waals surface area contributed by atoms with Crippen molar-refractivity contribution in [3.8, 4) is 0 Å². The standard InChI is InChI=1S/C17H22F3N7/c1-11(12-3-5-13(6-4-12)24-10-9-23-2)25-15-8-7-14(21)27(26-15)16(22)17(18,19)20/h3-8,11,21-24H,9-10H2,1-2H3,(H,25,26). The first-order valence-corrected chi connectivity index (χ1v) is 8.28. The number of aromatic nitrogens is 2. The van der Waals surface area contributed by atoms with Gasteiger partial charge >= 0.3 is 6.18 Å². The van der Waals surface area contributed by atoms with Crippen LogP contribution in [0.2, 0.25) is 0 Å². The fraction of sp³-hybridized carbons (Fsp3) is 0.353. The zero-order valence-electron chi connectivity index (χ0n) is 15.0. The Morgan fingerprint density at radius 3 is 2.41 bits per heavy atom. The summed E-state index contributed by atoms with van der Waals surface area (Å²) in [7, 11) is 1.87. The first kappa shape index (κ1) is 20.4. The summed E-state index contributed by atoms with van der Waals surface area (Å²) >= 11 is 0. The van der Waals surface area contributed by atoms with Crippen molar-refractivity contribution in [2.75, 3.05) is 30.8 Å². The molecule has 1 aromatic heterocycles. The molecular formula is C17H22F3N7. The second-order valence-corrected chi connectivity index (χ2v) is 5.88. The van der Waals surface area contributed by atoms with Crippen LogP contribution in [0.25, 0.3) is 0 Å². The van der Waals surface area contributed by atoms with Gasteiger partial charge in [-0.1, -0.05) is 12.1 Å². The molecular weight excluding hydrogens is 359 g/mol. The molecule has 2 aromatic rings. The van der Waals surface area contributed by atoms with Crippen molar-refractivity contribution >= 4 is 17.3 Å². The summed E-state index contributed by atoms with van der Waals surface area (Å²) in [4.78, 5) is 0. The van der Waals surface area contributed by atoms with Crippen LogP contribution in [0.3, 0.4) is 0 Å². The third-order valence-electron chi connectivity index (χ3n) is 3.79. The number of halogens is 3. The Morgan fingerprint density at radius 1 is 1.15 bits per heavy atom. The quantitative estimate of drug-likeness (QED) is 0.289. The minimum Gasteiger partial charge on any atom is -0.384 e. The van der Waals surface area contributed by atoms with Crippen LogP contribution >= 0.6 is 0 Å². The molecule has 0 fully saturated rings. The molecule has 0 radical (unpaired) electrons. The van der Waals surface area contributed by atoms with Crippen molar-refractivity contribution in [3.63, 3.8) is 0 Å². The van der Waals surface area contributed by atoms with E-state index in [4.69, 9.17) is 10.8 Å². The van der Waals surface area contributed by atoms with Gasteiger partial charge in [-0.3, -0.25) is 10.8 Å². The Bertz CT molecular complexity index is 828. The maximum Gasteiger partial charge on any atom is 0.451 e. The molecule has 0 amide bonds. The lowest BCUT2D eigenvalue weighted by Gasteiger charge is -2.17. The highest BCUT2D eigenvalue weighted by atomic mass is 19.4. The second-order valence-electron chi connectivity index (χ2n) is 5.88. The predicted molar refractivity (Wildman–Crippen MR) is 98.2 cm³/mol. The molecule has 1 unspecified atom stereocenters. The Hall–Kier alpha value is -2.88. The van der Waals surface area contributed by atoms with Gasteiger partial charge in [0.25, 0.3) is 0 Å². The fourth-order valence-electron chi connectivity index (χ4n) is 2.32. The van der Waals surface area contributed by atoms with Gasteiger partial charge < -0.3 is 16.0 Å². The molecule has 0 aliphatic heterocycles. The summed E-state index contributed by atoms with van der Waals surface area (Å²) in [5, 5.41) is 27.7. The van der Waals surface area contributed by atoms with Gasteiger partial charge in [-0.2, -0.15) is 17.9 Å². The monoisotopic (exact) mass is 381 g/mol. The van der Waals surface area contributed by atoms with Gasteiger partial charge in [-0.05, 0) is 43.8 Å². The Morgan fingerprint density at radius 2 is 1.81 bits per heavy atom. The lowest BCUT2D eigenvalue weighted by Crippen LogP contribution is -2.38. The highest BCUT2D eigenvalue weighted by molar-refractivity contribution is 5.85. The average Bonchev–Trinajstić information content (AvgIpc) is 2.62. The minimum absolute atomic E-state index is 0.142. The summed E-state index contributed by atoms with van der Waals surface area (Å²) in [6.45, 7) is 3.47. The number of likely N-dealkylation sites (N-methyl/N-ethyl adjacent to an activating group) is 1. The molecule has 10 heteroatoms. The van der Waals surface area contributed by atoms with Gasteiger partial charge in [0.15, 0.2) is 0 Å². The third kappa shape index (κ3) is 5.55. The number of alkyl halides is 3. The summed E-state index contributed by atoms with van der Waals surface area (Å²) < 4.78 is 38.4. The van der Waals surface area contributed by atoms with E-state index in [1.54, 1.807) is 0 Å². The van der Waals surface area contributed by atoms with Gasteiger partial charge in [-0.15, -0.1) is 5.10 Å². The Kier molecular flexibility index (Phi) is 6.56. The molecule has 0 aliphatic rings. The lowest BCUT2D eigenvalue weighted by atomic mass is 10.1. The van der Waals surface area contributed by atoms with Crippen molar-refractivity contribution in [2.24, 2.45) is 0 Å². The van der Waals surface area contributed by atoms with E-state index in [1.807, 2.05) is 38.2 Å². The normalized spacial score (nSPS) is 12.5. The number of benzene rings is 1. The number of hydrogen-bond acceptors (Lipinski definition) is 6. The molecule has 1 heterocycles. The molecule has 0 saturated heterocycles. The topological polar surface area (TPSA) is 102 Å². The number of nitrogens with zero attached hydrogens (tertiary/aromatic N) is 2. The van der Waals surface area contributed by atoms with Crippen LogP contribution in [0.15, 0.2) is 36.4 Å². The van der Waals surface area contributed by atoms with Gasteiger partial charge in [0.1, 0.15) is 11.3 Å². The molecule has 0 saturated carbocycles. The third-order valence-corrected chi connectivity index (χ3v) is 3.79. The number of hydrogen-bond donors (Lipinski definition) is 5. The minimum atomic E-state index is -4.88. The molecule has 5 N–H and O–H groups in total. The summed E-state index contributed by atoms with van der Waals surface area (Å²) in [6, 6.07) is 10.00. The van der Waals surface area contributed by atoms with Crippen molar-refractivity contribution in [1.82, 2.24) is 15.1 Å². The Balaban J connectivity index is 2.10. The zero-order valence-corrected chi connectivity index (χ0v) is 15.0. The summed E-state index contributed by atoms with van der Waals surface area (Å²) in [5.74, 6) is -1.57. The van der Waals surface area contributed by atoms with E-state index in [1.165, 1.54) is 6.07 Å². The average molecular weight is 381 g/mol. The SMILES string of the molecule is CNCCNc1ccc(C(C)Nc2ccc(=N)n(C(=N)C(F)(F)F)n2)cc1. The maximum absolute atomic E-state index is 12.7. The van der Waals surface area contributed by atoms with Crippen molar-refractivity contribution in [1.29, 1.82) is 10.8 Å². The van der Waals surface area contributed by atoms with E-state index in [0.29, 0.717) is 0 Å². The molecule has 7 nitrogen and oxygen atoms in total. The molecule has 1 aromatic carbocycles. The molecule has 0 bridgehead atoms. The maximum atomic E-state index is 12.7. The molecule has 0 spiro atoms. The highest BCUT2D eigenvalue weighted by Gasteiger charge is 2.37. The van der Waals surface area contributed by atoms with Gasteiger partial charge in [-0.25, -0.2) is 0 Å². The van der Waals surface area contributed by atoms with E-state index in [-0.39, 0.29) is 16.5 Å². The van der Waals surface area contributed by atoms with Gasteiger partial charge in [0.05, 0.1) is 0 Å². The van der Waals surface area contributed by atoms with E-state index in [2.05, 4.69) is 21.0 Å². The smallest absolute Gasteiger partial charge is 0.384 e. The fourth-order valence-corrected chi connectivity index (χ4v) is 2.32. The van der Waals surface area contributed by atoms with Crippen molar-refractivity contribution in [3.05, 3.63) is 47.4 Å². The van der Waals surface area contributed by atoms with Gasteiger partial charge in [0.2, 0.25) is 5.84 Å². The van der Waals surface area contributed by atoms with Crippen molar-refractivity contribution < 1.29 is 13.2 Å². The van der Waals surface area contributed by atoms with Crippen LogP contribution in [-0.2, 0) is 0 Å². The van der Waals surface area contributed by atoms with E-state index >= 15 is 0 Å². The first-order valence-electron chi connectivity index (χ1n) is 8.28. The van der Waals surface area contributed by atoms with Crippen LogP contribution in [0.1, 0.15) is 18.5 Å². The zero-order chi connectivity index (χ0) is 20.0. The lowest BCUT2D eigenvalue weighted by molar-refractivity contribution is -0.0632. The second kappa shape index (κ2) is 8.67. The molecule has 2 rings (SSSR count). The van der Waals surface area contributed by atoms with Crippen LogP contribution in [-0.4, -0.2) is 41.9 Å².